The van der Waals surface area contributed by atoms with Gasteiger partial charge in [-0.05, 0) is 25.5 Å². The van der Waals surface area contributed by atoms with Crippen LogP contribution in [0.1, 0.15) is 18.4 Å². The van der Waals surface area contributed by atoms with Crippen molar-refractivity contribution in [2.75, 3.05) is 26.2 Å². The number of ether oxygens (including phenoxy) is 1. The fourth-order valence-electron chi connectivity index (χ4n) is 3.08. The van der Waals surface area contributed by atoms with Gasteiger partial charge in [-0.3, -0.25) is 4.90 Å². The molecule has 0 aromatic heterocycles. The van der Waals surface area contributed by atoms with Crippen LogP contribution in [0.5, 0.6) is 5.75 Å². The van der Waals surface area contributed by atoms with Crippen molar-refractivity contribution in [1.29, 1.82) is 0 Å². The third-order valence-electron chi connectivity index (χ3n) is 4.22. The van der Waals surface area contributed by atoms with E-state index in [1.54, 1.807) is 6.07 Å². The number of fused-ring (bicyclic) bond motifs is 1. The largest absolute Gasteiger partial charge is 0.506 e. The Morgan fingerprint density at radius 3 is 3.25 bits per heavy atom. The van der Waals surface area contributed by atoms with Crippen LogP contribution in [0, 0.1) is 0 Å². The Kier molecular flexibility index (Phi) is 4.46. The average molecular weight is 297 g/mol. The molecule has 0 amide bonds. The van der Waals surface area contributed by atoms with Crippen LogP contribution in [-0.2, 0) is 11.3 Å². The molecule has 2 fully saturated rings. The van der Waals surface area contributed by atoms with Gasteiger partial charge in [0.1, 0.15) is 5.75 Å². The zero-order chi connectivity index (χ0) is 13.9. The molecule has 0 saturated carbocycles. The van der Waals surface area contributed by atoms with E-state index in [0.29, 0.717) is 17.6 Å². The molecule has 0 aliphatic carbocycles. The minimum absolute atomic E-state index is 0.172. The molecule has 2 atom stereocenters. The van der Waals surface area contributed by atoms with Crippen LogP contribution < -0.4 is 5.32 Å². The molecule has 2 aliphatic rings. The first-order chi connectivity index (χ1) is 9.74. The Labute approximate surface area is 124 Å². The lowest BCUT2D eigenvalue weighted by Crippen LogP contribution is -2.49. The molecular formula is C15H21ClN2O2. The number of phenolic OH excluding ortho intramolecular Hbond substituents is 1. The van der Waals surface area contributed by atoms with E-state index in [4.69, 9.17) is 16.3 Å². The van der Waals surface area contributed by atoms with Crippen molar-refractivity contribution < 1.29 is 9.84 Å². The number of phenols is 1. The molecular weight excluding hydrogens is 276 g/mol. The summed E-state index contributed by atoms with van der Waals surface area (Å²) in [6.45, 7) is 4.48. The fourth-order valence-corrected chi connectivity index (χ4v) is 3.27. The van der Waals surface area contributed by atoms with Gasteiger partial charge in [-0.25, -0.2) is 0 Å². The quantitative estimate of drug-likeness (QED) is 0.892. The number of nitrogens with one attached hydrogen (secondary N) is 1. The molecule has 20 heavy (non-hydrogen) atoms. The van der Waals surface area contributed by atoms with Crippen molar-refractivity contribution >= 4 is 11.6 Å². The van der Waals surface area contributed by atoms with Crippen molar-refractivity contribution in [3.8, 4) is 5.75 Å². The topological polar surface area (TPSA) is 44.7 Å². The molecule has 4 nitrogen and oxygen atoms in total. The number of para-hydroxylation sites is 1. The van der Waals surface area contributed by atoms with E-state index in [2.05, 4.69) is 10.2 Å². The molecule has 1 aromatic rings. The zero-order valence-corrected chi connectivity index (χ0v) is 12.3. The molecule has 2 saturated heterocycles. The lowest BCUT2D eigenvalue weighted by Gasteiger charge is -2.35. The highest BCUT2D eigenvalue weighted by atomic mass is 35.5. The Morgan fingerprint density at radius 2 is 2.35 bits per heavy atom. The van der Waals surface area contributed by atoms with Crippen LogP contribution >= 0.6 is 11.6 Å². The first kappa shape index (κ1) is 14.1. The van der Waals surface area contributed by atoms with Crippen molar-refractivity contribution in [3.63, 3.8) is 0 Å². The Hall–Kier alpha value is -0.810. The van der Waals surface area contributed by atoms with Crippen LogP contribution in [0.3, 0.4) is 0 Å². The van der Waals surface area contributed by atoms with E-state index < -0.39 is 0 Å². The van der Waals surface area contributed by atoms with E-state index in [1.807, 2.05) is 12.1 Å². The highest BCUT2D eigenvalue weighted by Crippen LogP contribution is 2.27. The van der Waals surface area contributed by atoms with Crippen molar-refractivity contribution in [1.82, 2.24) is 10.2 Å². The van der Waals surface area contributed by atoms with Crippen molar-refractivity contribution in [2.45, 2.75) is 31.5 Å². The lowest BCUT2D eigenvalue weighted by atomic mass is 10.1. The first-order valence-electron chi connectivity index (χ1n) is 7.27. The molecule has 0 bridgehead atoms. The average Bonchev–Trinajstić information content (AvgIpc) is 2.91. The Bertz CT molecular complexity index is 469. The smallest absolute Gasteiger partial charge is 0.138 e. The van der Waals surface area contributed by atoms with Gasteiger partial charge in [-0.1, -0.05) is 23.7 Å². The van der Waals surface area contributed by atoms with Crippen LogP contribution in [-0.4, -0.2) is 48.4 Å². The first-order valence-corrected chi connectivity index (χ1v) is 7.64. The third-order valence-corrected chi connectivity index (χ3v) is 4.52. The van der Waals surface area contributed by atoms with Crippen LogP contribution in [0.2, 0.25) is 5.02 Å². The Balaban J connectivity index is 1.47. The number of morpholine rings is 1. The van der Waals surface area contributed by atoms with Gasteiger partial charge < -0.3 is 15.2 Å². The van der Waals surface area contributed by atoms with Crippen molar-refractivity contribution in [3.05, 3.63) is 28.8 Å². The number of benzene rings is 1. The number of nitrogens with zero attached hydrogens (tertiary/aromatic N) is 1. The van der Waals surface area contributed by atoms with E-state index >= 15 is 0 Å². The summed E-state index contributed by atoms with van der Waals surface area (Å²) >= 11 is 5.89. The van der Waals surface area contributed by atoms with E-state index in [9.17, 15) is 5.11 Å². The summed E-state index contributed by atoms with van der Waals surface area (Å²) in [5, 5.41) is 13.6. The van der Waals surface area contributed by atoms with Gasteiger partial charge in [0.15, 0.2) is 0 Å². The predicted octanol–water partition coefficient (Wildman–Crippen LogP) is 2.00. The number of rotatable bonds is 4. The molecule has 0 radical (unpaired) electrons. The SMILES string of the molecule is Oc1c(Cl)cccc1CNCC1CN2CCCC2CO1. The molecule has 5 heteroatoms. The van der Waals surface area contributed by atoms with Crippen molar-refractivity contribution in [2.24, 2.45) is 0 Å². The number of hydrogen-bond donors (Lipinski definition) is 2. The van der Waals surface area contributed by atoms with Crippen LogP contribution in [0.15, 0.2) is 18.2 Å². The summed E-state index contributed by atoms with van der Waals surface area (Å²) in [5.74, 6) is 0.172. The summed E-state index contributed by atoms with van der Waals surface area (Å²) < 4.78 is 5.89. The second-order valence-electron chi connectivity index (χ2n) is 5.62. The normalized spacial score (nSPS) is 26.6. The van der Waals surface area contributed by atoms with Gasteiger partial charge in [-0.2, -0.15) is 0 Å². The molecule has 2 unspecified atom stereocenters. The molecule has 2 N–H and O–H groups in total. The Morgan fingerprint density at radius 1 is 1.45 bits per heavy atom. The third kappa shape index (κ3) is 3.09. The van der Waals surface area contributed by atoms with Gasteiger partial charge in [0.25, 0.3) is 0 Å². The van der Waals surface area contributed by atoms with Gasteiger partial charge in [0.2, 0.25) is 0 Å². The monoisotopic (exact) mass is 296 g/mol. The summed E-state index contributed by atoms with van der Waals surface area (Å²) in [4.78, 5) is 2.53. The van der Waals surface area contributed by atoms with Gasteiger partial charge in [0, 0.05) is 31.2 Å². The highest BCUT2D eigenvalue weighted by Gasteiger charge is 2.31. The minimum atomic E-state index is 0.172. The molecule has 2 aliphatic heterocycles. The van der Waals surface area contributed by atoms with E-state index in [-0.39, 0.29) is 11.9 Å². The molecule has 3 rings (SSSR count). The molecule has 110 valence electrons. The zero-order valence-electron chi connectivity index (χ0n) is 11.5. The van der Waals surface area contributed by atoms with E-state index in [0.717, 1.165) is 25.3 Å². The highest BCUT2D eigenvalue weighted by molar-refractivity contribution is 6.32. The summed E-state index contributed by atoms with van der Waals surface area (Å²) in [5.41, 5.74) is 0.826. The second-order valence-corrected chi connectivity index (χ2v) is 6.03. The number of aromatic hydroxyl groups is 1. The fraction of sp³-hybridized carbons (Fsp3) is 0.600. The summed E-state index contributed by atoms with van der Waals surface area (Å²) in [6, 6.07) is 6.07. The number of hydrogen-bond acceptors (Lipinski definition) is 4. The van der Waals surface area contributed by atoms with Gasteiger partial charge in [-0.15, -0.1) is 0 Å². The van der Waals surface area contributed by atoms with Gasteiger partial charge in [0.05, 0.1) is 17.7 Å². The standard InChI is InChI=1S/C15H21ClN2O2/c16-14-5-1-3-11(15(14)19)7-17-8-13-9-18-6-2-4-12(18)10-20-13/h1,3,5,12-13,17,19H,2,4,6-10H2. The molecule has 1 aromatic carbocycles. The maximum Gasteiger partial charge on any atom is 0.138 e. The summed E-state index contributed by atoms with van der Waals surface area (Å²) in [7, 11) is 0. The second kappa shape index (κ2) is 6.31. The number of halogens is 1. The molecule has 0 spiro atoms. The maximum absolute atomic E-state index is 9.85. The van der Waals surface area contributed by atoms with Gasteiger partial charge >= 0.3 is 0 Å². The lowest BCUT2D eigenvalue weighted by molar-refractivity contribution is -0.0470. The van der Waals surface area contributed by atoms with E-state index in [1.165, 1.54) is 19.4 Å². The summed E-state index contributed by atoms with van der Waals surface area (Å²) in [6.07, 6.45) is 2.81. The maximum atomic E-state index is 9.85. The van der Waals surface area contributed by atoms with Crippen LogP contribution in [0.25, 0.3) is 0 Å². The minimum Gasteiger partial charge on any atom is -0.506 e. The molecule has 2 heterocycles. The van der Waals surface area contributed by atoms with Crippen LogP contribution in [0.4, 0.5) is 0 Å². The predicted molar refractivity (Wildman–Crippen MR) is 79.2 cm³/mol.